The van der Waals surface area contributed by atoms with Gasteiger partial charge >= 0.3 is 0 Å². The van der Waals surface area contributed by atoms with Crippen LogP contribution in [0.15, 0.2) is 96.0 Å². The van der Waals surface area contributed by atoms with Crippen LogP contribution in [0.4, 0.5) is 5.82 Å². The van der Waals surface area contributed by atoms with Crippen LogP contribution in [0.3, 0.4) is 0 Å². The predicted octanol–water partition coefficient (Wildman–Crippen LogP) is 6.47. The maximum Gasteiger partial charge on any atom is 0.156 e. The third-order valence-corrected chi connectivity index (χ3v) is 4.77. The van der Waals surface area contributed by atoms with Gasteiger partial charge in [0, 0.05) is 23.4 Å². The molecule has 0 saturated heterocycles. The second kappa shape index (κ2) is 9.70. The zero-order valence-corrected chi connectivity index (χ0v) is 17.1. The van der Waals surface area contributed by atoms with E-state index < -0.39 is 0 Å². The largest absolute Gasteiger partial charge is 0.493 e. The second-order valence-electron chi connectivity index (χ2n) is 7.00. The molecule has 0 bridgehead atoms. The summed E-state index contributed by atoms with van der Waals surface area (Å²) < 4.78 is 7.82. The number of ether oxygens (including phenoxy) is 1. The van der Waals surface area contributed by atoms with E-state index in [1.807, 2.05) is 89.8 Å². The minimum absolute atomic E-state index is 0.710. The Morgan fingerprint density at radius 2 is 1.60 bits per heavy atom. The minimum Gasteiger partial charge on any atom is -0.493 e. The molecule has 1 aromatic heterocycles. The number of aromatic nitrogens is 2. The summed E-state index contributed by atoms with van der Waals surface area (Å²) in [5.41, 5.74) is 3.88. The first kappa shape index (κ1) is 19.6. The van der Waals surface area contributed by atoms with Gasteiger partial charge in [0.1, 0.15) is 5.75 Å². The Labute approximate surface area is 177 Å². The van der Waals surface area contributed by atoms with E-state index in [0.29, 0.717) is 6.61 Å². The monoisotopic (exact) mass is 395 g/mol. The second-order valence-corrected chi connectivity index (χ2v) is 7.00. The van der Waals surface area contributed by atoms with Crippen LogP contribution in [0.1, 0.15) is 25.3 Å². The van der Waals surface area contributed by atoms with Crippen molar-refractivity contribution >= 4 is 12.0 Å². The average Bonchev–Trinajstić information content (AvgIpc) is 3.24. The molecule has 0 radical (unpaired) electrons. The summed E-state index contributed by atoms with van der Waals surface area (Å²) in [6, 6.07) is 30.2. The molecule has 3 aromatic carbocycles. The van der Waals surface area contributed by atoms with Gasteiger partial charge in [0.15, 0.2) is 5.82 Å². The van der Waals surface area contributed by atoms with Crippen molar-refractivity contribution in [3.05, 3.63) is 96.6 Å². The third kappa shape index (κ3) is 4.66. The van der Waals surface area contributed by atoms with Crippen LogP contribution >= 0.6 is 0 Å². The summed E-state index contributed by atoms with van der Waals surface area (Å²) in [6.07, 6.45) is 3.99. The molecule has 4 rings (SSSR count). The molecule has 0 unspecified atom stereocenters. The summed E-state index contributed by atoms with van der Waals surface area (Å²) in [5, 5.41) is 4.82. The minimum atomic E-state index is 0.710. The zero-order chi connectivity index (χ0) is 20.6. The fraction of sp³-hybridized carbons (Fsp3) is 0.154. The smallest absolute Gasteiger partial charge is 0.156 e. The lowest BCUT2D eigenvalue weighted by Crippen LogP contribution is -1.99. The van der Waals surface area contributed by atoms with E-state index >= 15 is 0 Å². The molecule has 150 valence electrons. The highest BCUT2D eigenvalue weighted by molar-refractivity contribution is 5.85. The first-order chi connectivity index (χ1) is 14.8. The first-order valence-electron chi connectivity index (χ1n) is 10.3. The van der Waals surface area contributed by atoms with Crippen molar-refractivity contribution in [1.82, 2.24) is 9.78 Å². The molecule has 0 aliphatic carbocycles. The van der Waals surface area contributed by atoms with E-state index in [9.17, 15) is 0 Å². The fourth-order valence-corrected chi connectivity index (χ4v) is 3.15. The van der Waals surface area contributed by atoms with E-state index in [-0.39, 0.29) is 0 Å². The van der Waals surface area contributed by atoms with Gasteiger partial charge < -0.3 is 4.74 Å². The van der Waals surface area contributed by atoms with E-state index in [0.717, 1.165) is 46.9 Å². The zero-order valence-electron chi connectivity index (χ0n) is 17.1. The number of hydrogen-bond acceptors (Lipinski definition) is 3. The summed E-state index contributed by atoms with van der Waals surface area (Å²) in [5.74, 6) is 1.62. The molecule has 0 spiro atoms. The predicted molar refractivity (Wildman–Crippen MR) is 123 cm³/mol. The average molecular weight is 396 g/mol. The number of rotatable bonds is 8. The standard InChI is InChI=1S/C26H25N3O/c1-2-3-18-30-25-17-11-10-14-22(25)20-27-26-19-24(21-12-6-4-7-13-21)28-29(26)23-15-8-5-9-16-23/h4-17,19-20H,2-3,18H2,1H3. The lowest BCUT2D eigenvalue weighted by Gasteiger charge is -2.08. The Bertz CT molecular complexity index is 1100. The number of para-hydroxylation sites is 2. The third-order valence-electron chi connectivity index (χ3n) is 4.77. The van der Waals surface area contributed by atoms with Gasteiger partial charge in [-0.05, 0) is 30.7 Å². The molecule has 0 aliphatic rings. The lowest BCUT2D eigenvalue weighted by molar-refractivity contribution is 0.309. The molecule has 30 heavy (non-hydrogen) atoms. The first-order valence-corrected chi connectivity index (χ1v) is 10.3. The van der Waals surface area contributed by atoms with Crippen LogP contribution in [0.2, 0.25) is 0 Å². The summed E-state index contributed by atoms with van der Waals surface area (Å²) in [4.78, 5) is 4.78. The van der Waals surface area contributed by atoms with Crippen molar-refractivity contribution in [3.63, 3.8) is 0 Å². The van der Waals surface area contributed by atoms with E-state index in [4.69, 9.17) is 14.8 Å². The van der Waals surface area contributed by atoms with Crippen molar-refractivity contribution in [3.8, 4) is 22.7 Å². The van der Waals surface area contributed by atoms with Gasteiger partial charge in [-0.15, -0.1) is 0 Å². The highest BCUT2D eigenvalue weighted by Crippen LogP contribution is 2.27. The Kier molecular flexibility index (Phi) is 6.35. The van der Waals surface area contributed by atoms with Gasteiger partial charge in [-0.3, -0.25) is 0 Å². The van der Waals surface area contributed by atoms with Crippen LogP contribution in [-0.2, 0) is 0 Å². The highest BCUT2D eigenvalue weighted by Gasteiger charge is 2.10. The molecular weight excluding hydrogens is 370 g/mol. The molecular formula is C26H25N3O. The highest BCUT2D eigenvalue weighted by atomic mass is 16.5. The van der Waals surface area contributed by atoms with Crippen molar-refractivity contribution in [2.75, 3.05) is 6.61 Å². The van der Waals surface area contributed by atoms with Gasteiger partial charge in [0.05, 0.1) is 18.0 Å². The van der Waals surface area contributed by atoms with Crippen LogP contribution in [0.5, 0.6) is 5.75 Å². The van der Waals surface area contributed by atoms with Crippen LogP contribution < -0.4 is 4.74 Å². The number of nitrogens with zero attached hydrogens (tertiary/aromatic N) is 3. The molecule has 4 aromatic rings. The molecule has 0 aliphatic heterocycles. The Balaban J connectivity index is 1.69. The van der Waals surface area contributed by atoms with Crippen molar-refractivity contribution < 1.29 is 4.74 Å². The van der Waals surface area contributed by atoms with Gasteiger partial charge in [-0.2, -0.15) is 5.10 Å². The topological polar surface area (TPSA) is 39.4 Å². The van der Waals surface area contributed by atoms with Crippen molar-refractivity contribution in [2.45, 2.75) is 19.8 Å². The van der Waals surface area contributed by atoms with Crippen LogP contribution in [-0.4, -0.2) is 22.6 Å². The van der Waals surface area contributed by atoms with Gasteiger partial charge in [-0.25, -0.2) is 9.67 Å². The Hall–Kier alpha value is -3.66. The van der Waals surface area contributed by atoms with Gasteiger partial charge in [-0.1, -0.05) is 74.0 Å². The number of hydrogen-bond donors (Lipinski definition) is 0. The summed E-state index contributed by atoms with van der Waals surface area (Å²) in [6.45, 7) is 2.87. The lowest BCUT2D eigenvalue weighted by atomic mass is 10.1. The van der Waals surface area contributed by atoms with Crippen molar-refractivity contribution in [1.29, 1.82) is 0 Å². The fourth-order valence-electron chi connectivity index (χ4n) is 3.15. The molecule has 0 N–H and O–H groups in total. The molecule has 0 fully saturated rings. The van der Waals surface area contributed by atoms with E-state index in [2.05, 4.69) is 19.1 Å². The molecule has 4 nitrogen and oxygen atoms in total. The molecule has 0 atom stereocenters. The maximum atomic E-state index is 5.94. The van der Waals surface area contributed by atoms with E-state index in [1.54, 1.807) is 0 Å². The van der Waals surface area contributed by atoms with E-state index in [1.165, 1.54) is 0 Å². The Morgan fingerprint density at radius 3 is 2.37 bits per heavy atom. The SMILES string of the molecule is CCCCOc1ccccc1C=Nc1cc(-c2ccccc2)nn1-c1ccccc1. The van der Waals surface area contributed by atoms with Gasteiger partial charge in [0.2, 0.25) is 0 Å². The summed E-state index contributed by atoms with van der Waals surface area (Å²) >= 11 is 0. The van der Waals surface area contributed by atoms with Gasteiger partial charge in [0.25, 0.3) is 0 Å². The quantitative estimate of drug-likeness (QED) is 0.253. The van der Waals surface area contributed by atoms with Crippen LogP contribution in [0, 0.1) is 0 Å². The van der Waals surface area contributed by atoms with Crippen LogP contribution in [0.25, 0.3) is 16.9 Å². The van der Waals surface area contributed by atoms with Crippen molar-refractivity contribution in [2.24, 2.45) is 4.99 Å². The number of benzene rings is 3. The Morgan fingerprint density at radius 1 is 0.900 bits per heavy atom. The molecule has 4 heteroatoms. The molecule has 0 saturated carbocycles. The molecule has 1 heterocycles. The number of aliphatic imine (C=N–C) groups is 1. The molecule has 0 amide bonds. The number of unbranched alkanes of at least 4 members (excludes halogenated alkanes) is 1. The maximum absolute atomic E-state index is 5.94. The normalized spacial score (nSPS) is 11.1. The summed E-state index contributed by atoms with van der Waals surface area (Å²) in [7, 11) is 0.